The zero-order chi connectivity index (χ0) is 15.4. The summed E-state index contributed by atoms with van der Waals surface area (Å²) in [5.74, 6) is 0.125. The van der Waals surface area contributed by atoms with E-state index in [1.807, 2.05) is 35.2 Å². The van der Waals surface area contributed by atoms with E-state index in [4.69, 9.17) is 0 Å². The zero-order valence-electron chi connectivity index (χ0n) is 12.8. The van der Waals surface area contributed by atoms with Crippen LogP contribution in [0.15, 0.2) is 30.3 Å². The molecule has 0 bridgehead atoms. The van der Waals surface area contributed by atoms with Gasteiger partial charge < -0.3 is 15.1 Å². The molecule has 1 aromatic rings. The Bertz CT molecular complexity index is 526. The van der Waals surface area contributed by atoms with Crippen LogP contribution in [0.1, 0.15) is 32.1 Å². The molecule has 3 amide bonds. The Labute approximate surface area is 131 Å². The first-order valence-electron chi connectivity index (χ1n) is 8.17. The summed E-state index contributed by atoms with van der Waals surface area (Å²) in [5, 5.41) is 2.89. The molecule has 1 atom stereocenters. The maximum Gasteiger partial charge on any atom is 0.322 e. The molecule has 2 aliphatic heterocycles. The Morgan fingerprint density at radius 3 is 2.41 bits per heavy atom. The van der Waals surface area contributed by atoms with Crippen molar-refractivity contribution in [3.63, 3.8) is 0 Å². The van der Waals surface area contributed by atoms with E-state index in [1.54, 1.807) is 4.90 Å². The molecule has 2 saturated heterocycles. The maximum absolute atomic E-state index is 12.7. The Morgan fingerprint density at radius 1 is 0.955 bits per heavy atom. The molecule has 1 aromatic carbocycles. The minimum Gasteiger partial charge on any atom is -0.341 e. The van der Waals surface area contributed by atoms with Crippen molar-refractivity contribution in [1.29, 1.82) is 0 Å². The van der Waals surface area contributed by atoms with Gasteiger partial charge in [-0.3, -0.25) is 4.79 Å². The molecular formula is C17H23N3O2. The molecule has 0 spiro atoms. The molecule has 0 unspecified atom stereocenters. The van der Waals surface area contributed by atoms with Crippen molar-refractivity contribution in [3.8, 4) is 0 Å². The van der Waals surface area contributed by atoms with Crippen molar-refractivity contribution >= 4 is 17.6 Å². The van der Waals surface area contributed by atoms with Crippen LogP contribution < -0.4 is 5.32 Å². The Kier molecular flexibility index (Phi) is 4.61. The number of carbonyl (C=O) groups excluding carboxylic acids is 2. The molecule has 0 aliphatic carbocycles. The van der Waals surface area contributed by atoms with E-state index in [0.717, 1.165) is 44.5 Å². The van der Waals surface area contributed by atoms with Crippen LogP contribution in [-0.2, 0) is 4.79 Å². The second-order valence-corrected chi connectivity index (χ2v) is 6.03. The summed E-state index contributed by atoms with van der Waals surface area (Å²) in [4.78, 5) is 28.8. The van der Waals surface area contributed by atoms with Gasteiger partial charge in [-0.15, -0.1) is 0 Å². The molecule has 0 saturated carbocycles. The van der Waals surface area contributed by atoms with Crippen LogP contribution in [0.25, 0.3) is 0 Å². The number of hydrogen-bond acceptors (Lipinski definition) is 2. The van der Waals surface area contributed by atoms with Crippen LogP contribution in [0.2, 0.25) is 0 Å². The SMILES string of the molecule is O=C([C@@H]1CCCN1C(=O)Nc1ccccc1)N1CCCCC1. The van der Waals surface area contributed by atoms with Crippen molar-refractivity contribution in [2.45, 2.75) is 38.1 Å². The smallest absolute Gasteiger partial charge is 0.322 e. The van der Waals surface area contributed by atoms with E-state index in [1.165, 1.54) is 6.42 Å². The number of amides is 3. The number of nitrogens with zero attached hydrogens (tertiary/aromatic N) is 2. The third-order valence-electron chi connectivity index (χ3n) is 4.49. The van der Waals surface area contributed by atoms with Gasteiger partial charge in [0.2, 0.25) is 5.91 Å². The fraction of sp³-hybridized carbons (Fsp3) is 0.529. The molecular weight excluding hydrogens is 278 g/mol. The lowest BCUT2D eigenvalue weighted by Crippen LogP contribution is -2.50. The minimum atomic E-state index is -0.290. The summed E-state index contributed by atoms with van der Waals surface area (Å²) in [6.07, 6.45) is 5.03. The first kappa shape index (κ1) is 14.9. The molecule has 3 rings (SSSR count). The van der Waals surface area contributed by atoms with Crippen molar-refractivity contribution in [3.05, 3.63) is 30.3 Å². The summed E-state index contributed by atoms with van der Waals surface area (Å²) in [6, 6.07) is 8.94. The molecule has 118 valence electrons. The molecule has 5 heteroatoms. The second-order valence-electron chi connectivity index (χ2n) is 6.03. The van der Waals surface area contributed by atoms with Gasteiger partial charge in [0.05, 0.1) is 0 Å². The highest BCUT2D eigenvalue weighted by Gasteiger charge is 2.36. The maximum atomic E-state index is 12.7. The van der Waals surface area contributed by atoms with Crippen molar-refractivity contribution in [1.82, 2.24) is 9.80 Å². The molecule has 0 radical (unpaired) electrons. The largest absolute Gasteiger partial charge is 0.341 e. The van der Waals surface area contributed by atoms with Gasteiger partial charge in [-0.25, -0.2) is 4.79 Å². The highest BCUT2D eigenvalue weighted by molar-refractivity contribution is 5.94. The summed E-state index contributed by atoms with van der Waals surface area (Å²) >= 11 is 0. The van der Waals surface area contributed by atoms with E-state index in [-0.39, 0.29) is 18.0 Å². The zero-order valence-corrected chi connectivity index (χ0v) is 12.8. The van der Waals surface area contributed by atoms with Crippen LogP contribution in [0, 0.1) is 0 Å². The molecule has 2 fully saturated rings. The quantitative estimate of drug-likeness (QED) is 0.913. The molecule has 22 heavy (non-hydrogen) atoms. The number of carbonyl (C=O) groups is 2. The fourth-order valence-electron chi connectivity index (χ4n) is 3.31. The predicted molar refractivity (Wildman–Crippen MR) is 85.6 cm³/mol. The van der Waals surface area contributed by atoms with Crippen molar-refractivity contribution < 1.29 is 9.59 Å². The fourth-order valence-corrected chi connectivity index (χ4v) is 3.31. The molecule has 2 heterocycles. The van der Waals surface area contributed by atoms with Gasteiger partial charge in [0.15, 0.2) is 0 Å². The predicted octanol–water partition coefficient (Wildman–Crippen LogP) is 2.70. The van der Waals surface area contributed by atoms with E-state index < -0.39 is 0 Å². The topological polar surface area (TPSA) is 52.7 Å². The number of anilines is 1. The monoisotopic (exact) mass is 301 g/mol. The first-order valence-corrected chi connectivity index (χ1v) is 8.17. The lowest BCUT2D eigenvalue weighted by molar-refractivity contribution is -0.136. The summed E-state index contributed by atoms with van der Waals surface area (Å²) in [5.41, 5.74) is 0.767. The van der Waals surface area contributed by atoms with Crippen LogP contribution in [-0.4, -0.2) is 47.4 Å². The van der Waals surface area contributed by atoms with Crippen molar-refractivity contribution in [2.75, 3.05) is 25.0 Å². The highest BCUT2D eigenvalue weighted by atomic mass is 16.2. The number of benzene rings is 1. The van der Waals surface area contributed by atoms with Gasteiger partial charge in [-0.1, -0.05) is 18.2 Å². The van der Waals surface area contributed by atoms with Crippen LogP contribution >= 0.6 is 0 Å². The summed E-state index contributed by atoms with van der Waals surface area (Å²) in [6.45, 7) is 2.33. The van der Waals surface area contributed by atoms with E-state index in [0.29, 0.717) is 6.54 Å². The third-order valence-corrected chi connectivity index (χ3v) is 4.49. The average molecular weight is 301 g/mol. The van der Waals surface area contributed by atoms with Gasteiger partial charge in [-0.2, -0.15) is 0 Å². The number of urea groups is 1. The number of likely N-dealkylation sites (tertiary alicyclic amines) is 2. The molecule has 1 N–H and O–H groups in total. The number of para-hydroxylation sites is 1. The number of rotatable bonds is 2. The molecule has 5 nitrogen and oxygen atoms in total. The van der Waals surface area contributed by atoms with Crippen LogP contribution in [0.5, 0.6) is 0 Å². The van der Waals surface area contributed by atoms with Gasteiger partial charge >= 0.3 is 6.03 Å². The first-order chi connectivity index (χ1) is 10.8. The number of hydrogen-bond donors (Lipinski definition) is 1. The van der Waals surface area contributed by atoms with Crippen LogP contribution in [0.4, 0.5) is 10.5 Å². The van der Waals surface area contributed by atoms with E-state index in [9.17, 15) is 9.59 Å². The molecule has 2 aliphatic rings. The summed E-state index contributed by atoms with van der Waals surface area (Å²) < 4.78 is 0. The number of nitrogens with one attached hydrogen (secondary N) is 1. The van der Waals surface area contributed by atoms with Crippen LogP contribution in [0.3, 0.4) is 0 Å². The Balaban J connectivity index is 1.64. The normalized spacial score (nSPS) is 21.7. The number of piperidine rings is 1. The standard InChI is InChI=1S/C17H23N3O2/c21-16(19-11-5-2-6-12-19)15-10-7-13-20(15)17(22)18-14-8-3-1-4-9-14/h1,3-4,8-9,15H,2,5-7,10-13H2,(H,18,22)/t15-/m0/s1. The third kappa shape index (κ3) is 3.24. The minimum absolute atomic E-state index is 0.125. The van der Waals surface area contributed by atoms with E-state index >= 15 is 0 Å². The van der Waals surface area contributed by atoms with Gasteiger partial charge in [-0.05, 0) is 44.2 Å². The Hall–Kier alpha value is -2.04. The molecule has 0 aromatic heterocycles. The highest BCUT2D eigenvalue weighted by Crippen LogP contribution is 2.22. The van der Waals surface area contributed by atoms with Crippen molar-refractivity contribution in [2.24, 2.45) is 0 Å². The Morgan fingerprint density at radius 2 is 1.68 bits per heavy atom. The average Bonchev–Trinajstić information content (AvgIpc) is 3.05. The second kappa shape index (κ2) is 6.81. The van der Waals surface area contributed by atoms with Gasteiger partial charge in [0, 0.05) is 25.3 Å². The lowest BCUT2D eigenvalue weighted by atomic mass is 10.1. The summed E-state index contributed by atoms with van der Waals surface area (Å²) in [7, 11) is 0. The van der Waals surface area contributed by atoms with Gasteiger partial charge in [0.1, 0.15) is 6.04 Å². The van der Waals surface area contributed by atoms with E-state index in [2.05, 4.69) is 5.32 Å². The lowest BCUT2D eigenvalue weighted by Gasteiger charge is -2.32. The van der Waals surface area contributed by atoms with Gasteiger partial charge in [0.25, 0.3) is 0 Å².